The fourth-order valence-electron chi connectivity index (χ4n) is 1.13. The number of hydrogen-bond acceptors (Lipinski definition) is 2. The number of carbonyl (C=O) groups is 1. The molecule has 0 radical (unpaired) electrons. The second-order valence-electron chi connectivity index (χ2n) is 3.77. The molecule has 82 valence electrons. The van der Waals surface area contributed by atoms with E-state index in [2.05, 4.69) is 15.9 Å². The molecular formula is C10H18BrNO2. The molecule has 0 saturated heterocycles. The Morgan fingerprint density at radius 3 is 2.86 bits per heavy atom. The van der Waals surface area contributed by atoms with Crippen molar-refractivity contribution < 1.29 is 9.53 Å². The van der Waals surface area contributed by atoms with Gasteiger partial charge in [0.25, 0.3) is 0 Å². The molecule has 4 heteroatoms. The minimum absolute atomic E-state index is 0.178. The third-order valence-corrected chi connectivity index (χ3v) is 2.75. The molecule has 0 spiro atoms. The minimum atomic E-state index is 0.178. The normalized spacial score (nSPS) is 15.6. The third-order valence-electron chi connectivity index (χ3n) is 2.36. The van der Waals surface area contributed by atoms with Crippen LogP contribution in [0.1, 0.15) is 19.3 Å². The Hall–Kier alpha value is -0.0900. The highest BCUT2D eigenvalue weighted by molar-refractivity contribution is 9.09. The summed E-state index contributed by atoms with van der Waals surface area (Å²) in [5.41, 5.74) is 0. The first-order valence-corrected chi connectivity index (χ1v) is 6.24. The summed E-state index contributed by atoms with van der Waals surface area (Å²) >= 11 is 3.25. The Morgan fingerprint density at radius 2 is 2.29 bits per heavy atom. The van der Waals surface area contributed by atoms with E-state index in [1.165, 1.54) is 12.8 Å². The van der Waals surface area contributed by atoms with Gasteiger partial charge in [-0.2, -0.15) is 0 Å². The maximum absolute atomic E-state index is 11.3. The zero-order valence-corrected chi connectivity index (χ0v) is 10.3. The number of likely N-dealkylation sites (N-methyl/N-ethyl adjacent to an activating group) is 1. The van der Waals surface area contributed by atoms with Crippen LogP contribution >= 0.6 is 15.9 Å². The lowest BCUT2D eigenvalue weighted by Gasteiger charge is -2.16. The summed E-state index contributed by atoms with van der Waals surface area (Å²) < 4.78 is 5.45. The van der Waals surface area contributed by atoms with Crippen LogP contribution in [-0.4, -0.2) is 42.9 Å². The van der Waals surface area contributed by atoms with Gasteiger partial charge in [0, 0.05) is 32.0 Å². The van der Waals surface area contributed by atoms with Gasteiger partial charge in [0.2, 0.25) is 5.91 Å². The van der Waals surface area contributed by atoms with Gasteiger partial charge in [-0.3, -0.25) is 4.79 Å². The van der Waals surface area contributed by atoms with Crippen molar-refractivity contribution >= 4 is 21.8 Å². The van der Waals surface area contributed by atoms with Gasteiger partial charge in [-0.05, 0) is 18.8 Å². The molecule has 0 unspecified atom stereocenters. The van der Waals surface area contributed by atoms with E-state index in [0.29, 0.717) is 19.6 Å². The molecule has 0 aromatic rings. The van der Waals surface area contributed by atoms with Crippen molar-refractivity contribution in [1.29, 1.82) is 0 Å². The second kappa shape index (κ2) is 6.40. The van der Waals surface area contributed by atoms with Crippen molar-refractivity contribution in [3.8, 4) is 0 Å². The number of nitrogens with zero attached hydrogens (tertiary/aromatic N) is 1. The third kappa shape index (κ3) is 4.96. The first-order chi connectivity index (χ1) is 6.74. The molecular weight excluding hydrogens is 246 g/mol. The van der Waals surface area contributed by atoms with E-state index in [-0.39, 0.29) is 5.91 Å². The molecule has 3 nitrogen and oxygen atoms in total. The molecule has 1 aliphatic rings. The van der Waals surface area contributed by atoms with Crippen molar-refractivity contribution in [3.05, 3.63) is 0 Å². The van der Waals surface area contributed by atoms with Gasteiger partial charge in [-0.15, -0.1) is 0 Å². The standard InChI is InChI=1S/C10H18BrNO2/c1-12(10(13)4-5-11)6-7-14-8-9-2-3-9/h9H,2-8H2,1H3. The zero-order valence-electron chi connectivity index (χ0n) is 8.67. The van der Waals surface area contributed by atoms with E-state index in [1.54, 1.807) is 4.90 Å². The van der Waals surface area contributed by atoms with Gasteiger partial charge >= 0.3 is 0 Å². The highest BCUT2D eigenvalue weighted by Gasteiger charge is 2.21. The Labute approximate surface area is 93.9 Å². The molecule has 0 aromatic heterocycles. The van der Waals surface area contributed by atoms with Crippen molar-refractivity contribution in [1.82, 2.24) is 4.90 Å². The number of ether oxygens (including phenoxy) is 1. The topological polar surface area (TPSA) is 29.5 Å². The lowest BCUT2D eigenvalue weighted by Crippen LogP contribution is -2.30. The quantitative estimate of drug-likeness (QED) is 0.517. The van der Waals surface area contributed by atoms with Crippen molar-refractivity contribution in [2.45, 2.75) is 19.3 Å². The van der Waals surface area contributed by atoms with Crippen molar-refractivity contribution in [2.24, 2.45) is 5.92 Å². The summed E-state index contributed by atoms with van der Waals surface area (Å²) in [4.78, 5) is 13.1. The maximum Gasteiger partial charge on any atom is 0.223 e. The molecule has 0 N–H and O–H groups in total. The largest absolute Gasteiger partial charge is 0.379 e. The molecule has 1 fully saturated rings. The van der Waals surface area contributed by atoms with Crippen LogP contribution in [0.3, 0.4) is 0 Å². The fraction of sp³-hybridized carbons (Fsp3) is 0.900. The average Bonchev–Trinajstić information content (AvgIpc) is 2.96. The zero-order chi connectivity index (χ0) is 10.4. The van der Waals surface area contributed by atoms with Gasteiger partial charge in [-0.25, -0.2) is 0 Å². The van der Waals surface area contributed by atoms with Gasteiger partial charge in [0.05, 0.1) is 6.61 Å². The number of carbonyl (C=O) groups excluding carboxylic acids is 1. The van der Waals surface area contributed by atoms with E-state index in [4.69, 9.17) is 4.74 Å². The van der Waals surface area contributed by atoms with Crippen LogP contribution in [-0.2, 0) is 9.53 Å². The number of amides is 1. The lowest BCUT2D eigenvalue weighted by molar-refractivity contribution is -0.130. The number of alkyl halides is 1. The van der Waals surface area contributed by atoms with E-state index in [0.717, 1.165) is 17.9 Å². The SMILES string of the molecule is CN(CCOCC1CC1)C(=O)CCBr. The van der Waals surface area contributed by atoms with E-state index in [1.807, 2.05) is 7.05 Å². The molecule has 0 bridgehead atoms. The summed E-state index contributed by atoms with van der Waals surface area (Å²) in [7, 11) is 1.82. The van der Waals surface area contributed by atoms with E-state index < -0.39 is 0 Å². The molecule has 0 atom stereocenters. The van der Waals surface area contributed by atoms with Gasteiger partial charge in [0.15, 0.2) is 0 Å². The summed E-state index contributed by atoms with van der Waals surface area (Å²) in [6.07, 6.45) is 3.20. The summed E-state index contributed by atoms with van der Waals surface area (Å²) in [5, 5.41) is 0.735. The van der Waals surface area contributed by atoms with Crippen LogP contribution in [0.5, 0.6) is 0 Å². The van der Waals surface area contributed by atoms with Crippen LogP contribution in [0.15, 0.2) is 0 Å². The lowest BCUT2D eigenvalue weighted by atomic mass is 10.4. The van der Waals surface area contributed by atoms with Crippen LogP contribution in [0.25, 0.3) is 0 Å². The van der Waals surface area contributed by atoms with E-state index >= 15 is 0 Å². The van der Waals surface area contributed by atoms with E-state index in [9.17, 15) is 4.79 Å². The van der Waals surface area contributed by atoms with Gasteiger partial charge in [-0.1, -0.05) is 15.9 Å². The van der Waals surface area contributed by atoms with Crippen LogP contribution in [0.2, 0.25) is 0 Å². The van der Waals surface area contributed by atoms with Gasteiger partial charge in [0.1, 0.15) is 0 Å². The summed E-state index contributed by atoms with van der Waals surface area (Å²) in [6.45, 7) is 2.25. The maximum atomic E-state index is 11.3. The van der Waals surface area contributed by atoms with Gasteiger partial charge < -0.3 is 9.64 Å². The average molecular weight is 264 g/mol. The van der Waals surface area contributed by atoms with Crippen molar-refractivity contribution in [3.63, 3.8) is 0 Å². The Kier molecular flexibility index (Phi) is 5.48. The monoisotopic (exact) mass is 263 g/mol. The second-order valence-corrected chi connectivity index (χ2v) is 4.57. The smallest absolute Gasteiger partial charge is 0.223 e. The summed E-state index contributed by atoms with van der Waals surface area (Å²) in [5.74, 6) is 0.982. The highest BCUT2D eigenvalue weighted by atomic mass is 79.9. The van der Waals surface area contributed by atoms with Crippen LogP contribution < -0.4 is 0 Å². The Balaban J connectivity index is 1.95. The minimum Gasteiger partial charge on any atom is -0.379 e. The number of rotatable bonds is 7. The first-order valence-electron chi connectivity index (χ1n) is 5.11. The Bertz CT molecular complexity index is 183. The molecule has 0 aliphatic heterocycles. The highest BCUT2D eigenvalue weighted by Crippen LogP contribution is 2.28. The van der Waals surface area contributed by atoms with Crippen LogP contribution in [0.4, 0.5) is 0 Å². The number of halogens is 1. The van der Waals surface area contributed by atoms with Crippen molar-refractivity contribution in [2.75, 3.05) is 32.1 Å². The fourth-order valence-corrected chi connectivity index (χ4v) is 1.47. The Morgan fingerprint density at radius 1 is 1.57 bits per heavy atom. The molecule has 1 amide bonds. The molecule has 1 aliphatic carbocycles. The molecule has 0 aromatic carbocycles. The number of hydrogen-bond donors (Lipinski definition) is 0. The molecule has 0 heterocycles. The molecule has 1 saturated carbocycles. The molecule has 14 heavy (non-hydrogen) atoms. The summed E-state index contributed by atoms with van der Waals surface area (Å²) in [6, 6.07) is 0. The van der Waals surface area contributed by atoms with Crippen LogP contribution in [0, 0.1) is 5.92 Å². The first kappa shape index (κ1) is 12.0. The molecule has 1 rings (SSSR count). The predicted molar refractivity (Wildman–Crippen MR) is 59.6 cm³/mol. The predicted octanol–water partition coefficient (Wildman–Crippen LogP) is 1.66.